The molecular weight excluding hydrogens is 330 g/mol. The fraction of sp³-hybridized carbons (Fsp3) is 0.500. The van der Waals surface area contributed by atoms with Gasteiger partial charge < -0.3 is 14.6 Å². The quantitative estimate of drug-likeness (QED) is 0.469. The van der Waals surface area contributed by atoms with Crippen LogP contribution in [0.4, 0.5) is 0 Å². The Morgan fingerprint density at radius 1 is 1.19 bits per heavy atom. The fourth-order valence-corrected chi connectivity index (χ4v) is 3.34. The summed E-state index contributed by atoms with van der Waals surface area (Å²) in [5.74, 6) is -0.995. The van der Waals surface area contributed by atoms with E-state index in [1.807, 2.05) is 28.8 Å². The van der Waals surface area contributed by atoms with E-state index in [-0.39, 0.29) is 6.04 Å². The van der Waals surface area contributed by atoms with E-state index in [1.54, 1.807) is 6.20 Å². The molecule has 0 bridgehead atoms. The van der Waals surface area contributed by atoms with Gasteiger partial charge in [0.2, 0.25) is 0 Å². The lowest BCUT2D eigenvalue weighted by molar-refractivity contribution is -0.117. The zero-order valence-electron chi connectivity index (χ0n) is 15.5. The Morgan fingerprint density at radius 3 is 2.65 bits per heavy atom. The maximum Gasteiger partial charge on any atom is 0.292 e. The molecule has 0 aliphatic carbocycles. The van der Waals surface area contributed by atoms with Gasteiger partial charge in [0.05, 0.1) is 18.8 Å². The number of amides is 1. The van der Waals surface area contributed by atoms with E-state index in [1.165, 1.54) is 0 Å². The van der Waals surface area contributed by atoms with Crippen LogP contribution in [0.25, 0.3) is 10.9 Å². The Balaban J connectivity index is 1.60. The van der Waals surface area contributed by atoms with Gasteiger partial charge >= 0.3 is 0 Å². The minimum absolute atomic E-state index is 0.220. The van der Waals surface area contributed by atoms with Gasteiger partial charge in [-0.25, -0.2) is 0 Å². The number of fused-ring (bicyclic) bond motifs is 1. The van der Waals surface area contributed by atoms with E-state index in [0.29, 0.717) is 12.1 Å². The van der Waals surface area contributed by atoms with Crippen molar-refractivity contribution in [2.24, 2.45) is 0 Å². The number of carbonyl (C=O) groups excluding carboxylic acids is 2. The number of benzene rings is 1. The predicted octanol–water partition coefficient (Wildman–Crippen LogP) is 2.24. The highest BCUT2D eigenvalue weighted by Gasteiger charge is 2.22. The first-order valence-corrected chi connectivity index (χ1v) is 9.30. The lowest BCUT2D eigenvalue weighted by atomic mass is 10.1. The second-order valence-corrected chi connectivity index (χ2v) is 6.95. The predicted molar refractivity (Wildman–Crippen MR) is 102 cm³/mol. The second-order valence-electron chi connectivity index (χ2n) is 6.95. The van der Waals surface area contributed by atoms with Crippen molar-refractivity contribution >= 4 is 22.6 Å². The second kappa shape index (κ2) is 8.47. The first-order chi connectivity index (χ1) is 12.6. The lowest BCUT2D eigenvalue weighted by Gasteiger charge is -2.26. The molecule has 1 aromatic carbocycles. The van der Waals surface area contributed by atoms with Gasteiger partial charge in [-0.05, 0) is 32.9 Å². The average molecular weight is 357 g/mol. The molecule has 1 aromatic heterocycles. The number of hydrogen-bond acceptors (Lipinski definition) is 4. The summed E-state index contributed by atoms with van der Waals surface area (Å²) in [6, 6.07) is 7.93. The van der Waals surface area contributed by atoms with E-state index < -0.39 is 11.7 Å². The molecule has 6 nitrogen and oxygen atoms in total. The maximum absolute atomic E-state index is 12.6. The maximum atomic E-state index is 12.6. The Bertz CT molecular complexity index is 776. The molecular formula is C20H27N3O3. The fourth-order valence-electron chi connectivity index (χ4n) is 3.34. The van der Waals surface area contributed by atoms with Gasteiger partial charge in [0.15, 0.2) is 0 Å². The summed E-state index contributed by atoms with van der Waals surface area (Å²) in [4.78, 5) is 27.3. The van der Waals surface area contributed by atoms with Crippen LogP contribution < -0.4 is 5.32 Å². The Labute approximate surface area is 154 Å². The highest BCUT2D eigenvalue weighted by Crippen LogP contribution is 2.25. The van der Waals surface area contributed by atoms with E-state index in [4.69, 9.17) is 4.74 Å². The Hall–Kier alpha value is -2.18. The molecule has 0 atom stereocenters. The van der Waals surface area contributed by atoms with Crippen molar-refractivity contribution in [3.63, 3.8) is 0 Å². The summed E-state index contributed by atoms with van der Waals surface area (Å²) in [6.45, 7) is 8.94. The smallest absolute Gasteiger partial charge is 0.292 e. The van der Waals surface area contributed by atoms with Gasteiger partial charge in [0.25, 0.3) is 11.7 Å². The first-order valence-electron chi connectivity index (χ1n) is 9.30. The molecule has 1 saturated heterocycles. The third-order valence-corrected chi connectivity index (χ3v) is 4.79. The molecule has 0 spiro atoms. The number of nitrogens with zero attached hydrogens (tertiary/aromatic N) is 2. The minimum atomic E-state index is -0.529. The van der Waals surface area contributed by atoms with Crippen LogP contribution in [0.1, 0.15) is 36.7 Å². The molecule has 26 heavy (non-hydrogen) atoms. The van der Waals surface area contributed by atoms with Gasteiger partial charge in [0, 0.05) is 42.8 Å². The van der Waals surface area contributed by atoms with Crippen molar-refractivity contribution in [3.8, 4) is 0 Å². The van der Waals surface area contributed by atoms with Crippen LogP contribution in [0, 0.1) is 0 Å². The van der Waals surface area contributed by atoms with Crippen LogP contribution in [-0.2, 0) is 9.53 Å². The van der Waals surface area contributed by atoms with Crippen LogP contribution in [0.15, 0.2) is 30.5 Å². The zero-order valence-corrected chi connectivity index (χ0v) is 15.5. The van der Waals surface area contributed by atoms with E-state index in [2.05, 4.69) is 24.1 Å². The highest BCUT2D eigenvalue weighted by atomic mass is 16.5. The Morgan fingerprint density at radius 2 is 1.92 bits per heavy atom. The van der Waals surface area contributed by atoms with Crippen molar-refractivity contribution in [1.29, 1.82) is 0 Å². The van der Waals surface area contributed by atoms with Gasteiger partial charge in [-0.3, -0.25) is 14.5 Å². The van der Waals surface area contributed by atoms with Gasteiger partial charge in [-0.15, -0.1) is 0 Å². The molecule has 3 rings (SSSR count). The summed E-state index contributed by atoms with van der Waals surface area (Å²) in [5.41, 5.74) is 1.45. The number of carbonyl (C=O) groups is 2. The molecule has 0 unspecified atom stereocenters. The number of hydrogen-bond donors (Lipinski definition) is 1. The molecule has 1 fully saturated rings. The number of para-hydroxylation sites is 1. The lowest BCUT2D eigenvalue weighted by Crippen LogP contribution is -2.38. The number of nitrogens with one attached hydrogen (secondary N) is 1. The van der Waals surface area contributed by atoms with Crippen molar-refractivity contribution < 1.29 is 14.3 Å². The summed E-state index contributed by atoms with van der Waals surface area (Å²) in [5, 5.41) is 3.60. The number of ketones is 1. The molecule has 2 aromatic rings. The number of aromatic nitrogens is 1. The number of morpholine rings is 1. The molecule has 1 N–H and O–H groups in total. The number of ether oxygens (including phenoxy) is 1. The molecule has 0 radical (unpaired) electrons. The Kier molecular flexibility index (Phi) is 6.06. The molecule has 1 aliphatic rings. The first kappa shape index (κ1) is 18.6. The van der Waals surface area contributed by atoms with Crippen LogP contribution in [0.3, 0.4) is 0 Å². The van der Waals surface area contributed by atoms with Crippen molar-refractivity contribution in [2.45, 2.75) is 26.3 Å². The van der Waals surface area contributed by atoms with Crippen LogP contribution in [0.2, 0.25) is 0 Å². The minimum Gasteiger partial charge on any atom is -0.379 e. The molecule has 2 heterocycles. The van der Waals surface area contributed by atoms with E-state index >= 15 is 0 Å². The molecule has 6 heteroatoms. The molecule has 1 aliphatic heterocycles. The number of rotatable bonds is 7. The molecule has 140 valence electrons. The van der Waals surface area contributed by atoms with Crippen LogP contribution in [-0.4, -0.2) is 60.6 Å². The topological polar surface area (TPSA) is 63.6 Å². The van der Waals surface area contributed by atoms with Crippen LogP contribution in [0.5, 0.6) is 0 Å². The summed E-state index contributed by atoms with van der Waals surface area (Å²) in [7, 11) is 0. The van der Waals surface area contributed by atoms with Crippen molar-refractivity contribution in [1.82, 2.24) is 14.8 Å². The number of Topliss-reactive ketones (excluding diaryl/α,β-unsaturated/α-hetero) is 1. The summed E-state index contributed by atoms with van der Waals surface area (Å²) >= 11 is 0. The van der Waals surface area contributed by atoms with Gasteiger partial charge in [0.1, 0.15) is 0 Å². The summed E-state index contributed by atoms with van der Waals surface area (Å²) < 4.78 is 7.36. The highest BCUT2D eigenvalue weighted by molar-refractivity contribution is 6.45. The largest absolute Gasteiger partial charge is 0.379 e. The normalized spacial score (nSPS) is 15.5. The average Bonchev–Trinajstić information content (AvgIpc) is 3.05. The zero-order chi connectivity index (χ0) is 18.5. The van der Waals surface area contributed by atoms with Gasteiger partial charge in [-0.1, -0.05) is 18.2 Å². The van der Waals surface area contributed by atoms with E-state index in [9.17, 15) is 9.59 Å². The van der Waals surface area contributed by atoms with E-state index in [0.717, 1.165) is 50.2 Å². The molecule has 0 saturated carbocycles. The third-order valence-electron chi connectivity index (χ3n) is 4.79. The monoisotopic (exact) mass is 357 g/mol. The van der Waals surface area contributed by atoms with Crippen molar-refractivity contribution in [2.75, 3.05) is 39.4 Å². The van der Waals surface area contributed by atoms with Crippen LogP contribution >= 0.6 is 0 Å². The molecule has 1 amide bonds. The standard InChI is InChI=1S/C20H27N3O3/c1-15(2)23-14-17(16-6-3-4-7-18(16)23)19(24)20(25)21-8-5-9-22-10-12-26-13-11-22/h3-4,6-7,14-15H,5,8-13H2,1-2H3,(H,21,25). The SMILES string of the molecule is CC(C)n1cc(C(=O)C(=O)NCCCN2CCOCC2)c2ccccc21. The summed E-state index contributed by atoms with van der Waals surface area (Å²) in [6.07, 6.45) is 2.62. The van der Waals surface area contributed by atoms with Gasteiger partial charge in [-0.2, -0.15) is 0 Å². The van der Waals surface area contributed by atoms with Crippen molar-refractivity contribution in [3.05, 3.63) is 36.0 Å². The third kappa shape index (κ3) is 4.14.